The Morgan fingerprint density at radius 1 is 1.11 bits per heavy atom. The zero-order valence-electron chi connectivity index (χ0n) is 19.8. The van der Waals surface area contributed by atoms with E-state index in [9.17, 15) is 22.4 Å². The van der Waals surface area contributed by atoms with Crippen LogP contribution >= 0.6 is 0 Å². The Bertz CT molecular complexity index is 1550. The molecule has 4 heterocycles. The third kappa shape index (κ3) is 4.64. The van der Waals surface area contributed by atoms with Gasteiger partial charge in [-0.1, -0.05) is 0 Å². The summed E-state index contributed by atoms with van der Waals surface area (Å²) in [5, 5.41) is 0. The summed E-state index contributed by atoms with van der Waals surface area (Å²) in [4.78, 5) is 30.0. The van der Waals surface area contributed by atoms with Gasteiger partial charge >= 0.3 is 0 Å². The number of methoxy groups -OCH3 is 1. The van der Waals surface area contributed by atoms with Gasteiger partial charge in [-0.25, -0.2) is 37.5 Å². The number of benzene rings is 1. The van der Waals surface area contributed by atoms with E-state index in [0.717, 1.165) is 24.7 Å². The molecule has 1 aliphatic rings. The third-order valence-corrected chi connectivity index (χ3v) is 6.35. The number of pyridine rings is 1. The molecule has 0 unspecified atom stereocenters. The molecular weight excluding hydrogens is 494 g/mol. The van der Waals surface area contributed by atoms with E-state index < -0.39 is 29.4 Å². The van der Waals surface area contributed by atoms with Gasteiger partial charge in [0, 0.05) is 43.5 Å². The Balaban J connectivity index is 1.67. The summed E-state index contributed by atoms with van der Waals surface area (Å²) in [5.41, 5.74) is -0.861. The van der Waals surface area contributed by atoms with E-state index in [4.69, 9.17) is 9.47 Å². The monoisotopic (exact) mass is 515 g/mol. The molecule has 0 radical (unpaired) electrons. The lowest BCUT2D eigenvalue weighted by atomic mass is 9.91. The first-order valence-electron chi connectivity index (χ1n) is 11.4. The van der Waals surface area contributed by atoms with Crippen LogP contribution in [0.1, 0.15) is 48.5 Å². The maximum absolute atomic E-state index is 14.8. The van der Waals surface area contributed by atoms with Crippen LogP contribution in [0, 0.1) is 11.6 Å². The molecule has 0 spiro atoms. The van der Waals surface area contributed by atoms with E-state index in [1.54, 1.807) is 18.3 Å². The maximum atomic E-state index is 14.8. The number of fused-ring (bicyclic) bond motifs is 1. The van der Waals surface area contributed by atoms with Gasteiger partial charge in [0.05, 0.1) is 13.2 Å². The van der Waals surface area contributed by atoms with Crippen LogP contribution < -0.4 is 10.3 Å². The van der Waals surface area contributed by atoms with Crippen molar-refractivity contribution < 1.29 is 27.0 Å². The number of hydrogen-bond acceptors (Lipinski definition) is 7. The Hall–Kier alpha value is -3.93. The van der Waals surface area contributed by atoms with Gasteiger partial charge in [-0.2, -0.15) is 0 Å². The number of hydrogen-bond donors (Lipinski definition) is 0. The second kappa shape index (κ2) is 9.85. The fourth-order valence-corrected chi connectivity index (χ4v) is 4.43. The van der Waals surface area contributed by atoms with Gasteiger partial charge in [0.2, 0.25) is 5.88 Å². The van der Waals surface area contributed by atoms with Crippen molar-refractivity contribution in [3.8, 4) is 17.1 Å². The average molecular weight is 515 g/mol. The molecule has 4 aromatic rings. The molecule has 3 aromatic heterocycles. The largest absolute Gasteiger partial charge is 0.481 e. The van der Waals surface area contributed by atoms with Crippen LogP contribution in [0.4, 0.5) is 17.6 Å². The van der Waals surface area contributed by atoms with Gasteiger partial charge in [-0.05, 0) is 36.6 Å². The first-order chi connectivity index (χ1) is 17.8. The van der Waals surface area contributed by atoms with Crippen LogP contribution in [0.25, 0.3) is 22.3 Å². The van der Waals surface area contributed by atoms with E-state index in [2.05, 4.69) is 19.9 Å². The summed E-state index contributed by atoms with van der Waals surface area (Å²) >= 11 is 0. The second-order valence-electron chi connectivity index (χ2n) is 8.60. The van der Waals surface area contributed by atoms with Crippen molar-refractivity contribution in [1.29, 1.82) is 0 Å². The molecule has 0 saturated carbocycles. The minimum absolute atomic E-state index is 0.161. The number of rotatable bonds is 5. The molecule has 2 atom stereocenters. The summed E-state index contributed by atoms with van der Waals surface area (Å²) in [6, 6.07) is 6.34. The van der Waals surface area contributed by atoms with Crippen molar-refractivity contribution in [2.75, 3.05) is 13.7 Å². The van der Waals surface area contributed by atoms with Crippen LogP contribution in [-0.2, 0) is 11.8 Å². The predicted molar refractivity (Wildman–Crippen MR) is 124 cm³/mol. The van der Waals surface area contributed by atoms with Crippen molar-refractivity contribution >= 4 is 11.0 Å². The van der Waals surface area contributed by atoms with E-state index in [1.807, 2.05) is 0 Å². The molecule has 12 heteroatoms. The topological polar surface area (TPSA) is 92.0 Å². The van der Waals surface area contributed by atoms with Gasteiger partial charge in [-0.3, -0.25) is 9.36 Å². The molecule has 1 fully saturated rings. The van der Waals surface area contributed by atoms with E-state index in [1.165, 1.54) is 7.11 Å². The molecule has 0 N–H and O–H groups in total. The zero-order valence-corrected chi connectivity index (χ0v) is 19.8. The van der Waals surface area contributed by atoms with Crippen molar-refractivity contribution in [2.24, 2.45) is 7.05 Å². The van der Waals surface area contributed by atoms with Gasteiger partial charge < -0.3 is 9.47 Å². The summed E-state index contributed by atoms with van der Waals surface area (Å²) in [5.74, 6) is -2.29. The first kappa shape index (κ1) is 24.8. The van der Waals surface area contributed by atoms with Crippen LogP contribution in [-0.4, -0.2) is 38.2 Å². The predicted octanol–water partition coefficient (Wildman–Crippen LogP) is 4.65. The summed E-state index contributed by atoms with van der Waals surface area (Å²) in [6.45, 7) is 0.349. The zero-order chi connectivity index (χ0) is 26.3. The highest BCUT2D eigenvalue weighted by Crippen LogP contribution is 2.38. The molecule has 1 aliphatic heterocycles. The molecule has 1 saturated heterocycles. The standard InChI is InChI=1S/C25H21F4N5O3/c1-34-24(22(28)29)33-20-19(15-4-3-14(26)11-16(15)27)31-23(32-21(20)25(34)35)13-6-8-37-17(9-13)12-5-7-30-18(10-12)36-2/h3-5,7,10-11,13,17,22H,6,8-9H2,1-2H3/t13-,17+/m1/s1. The van der Waals surface area contributed by atoms with Crippen molar-refractivity contribution in [3.05, 3.63) is 75.7 Å². The highest BCUT2D eigenvalue weighted by atomic mass is 19.3. The molecule has 0 amide bonds. The number of aromatic nitrogens is 5. The minimum Gasteiger partial charge on any atom is -0.481 e. The fourth-order valence-electron chi connectivity index (χ4n) is 4.43. The number of ether oxygens (including phenoxy) is 2. The first-order valence-corrected chi connectivity index (χ1v) is 11.4. The van der Waals surface area contributed by atoms with E-state index >= 15 is 0 Å². The molecule has 192 valence electrons. The number of nitrogens with zero attached hydrogens (tertiary/aromatic N) is 5. The number of halogens is 4. The quantitative estimate of drug-likeness (QED) is 0.358. The van der Waals surface area contributed by atoms with Crippen molar-refractivity contribution in [2.45, 2.75) is 31.3 Å². The van der Waals surface area contributed by atoms with Crippen LogP contribution in [0.3, 0.4) is 0 Å². The lowest BCUT2D eigenvalue weighted by Crippen LogP contribution is -2.26. The van der Waals surface area contributed by atoms with E-state index in [-0.39, 0.29) is 40.1 Å². The number of alkyl halides is 2. The summed E-state index contributed by atoms with van der Waals surface area (Å²) < 4.78 is 67.5. The van der Waals surface area contributed by atoms with Crippen molar-refractivity contribution in [3.63, 3.8) is 0 Å². The van der Waals surface area contributed by atoms with Gasteiger partial charge in [0.15, 0.2) is 11.3 Å². The highest BCUT2D eigenvalue weighted by Gasteiger charge is 2.30. The molecular formula is C25H21F4N5O3. The molecule has 1 aromatic carbocycles. The van der Waals surface area contributed by atoms with Crippen LogP contribution in [0.15, 0.2) is 41.3 Å². The normalized spacial score (nSPS) is 17.9. The van der Waals surface area contributed by atoms with Gasteiger partial charge in [-0.15, -0.1) is 0 Å². The molecule has 0 bridgehead atoms. The molecule has 37 heavy (non-hydrogen) atoms. The third-order valence-electron chi connectivity index (χ3n) is 6.35. The summed E-state index contributed by atoms with van der Waals surface area (Å²) in [7, 11) is 2.67. The van der Waals surface area contributed by atoms with Crippen molar-refractivity contribution in [1.82, 2.24) is 24.5 Å². The lowest BCUT2D eigenvalue weighted by Gasteiger charge is -2.29. The highest BCUT2D eigenvalue weighted by molar-refractivity contribution is 5.88. The smallest absolute Gasteiger partial charge is 0.295 e. The fraction of sp³-hybridized carbons (Fsp3) is 0.320. The van der Waals surface area contributed by atoms with Gasteiger partial charge in [0.25, 0.3) is 12.0 Å². The average Bonchev–Trinajstić information content (AvgIpc) is 2.90. The van der Waals surface area contributed by atoms with Gasteiger partial charge in [0.1, 0.15) is 28.7 Å². The SMILES string of the molecule is COc1cc([C@@H]2C[C@H](c3nc(-c4ccc(F)cc4F)c4nc(C(F)F)n(C)c(=O)c4n3)CCO2)ccn1. The Kier molecular flexibility index (Phi) is 6.59. The lowest BCUT2D eigenvalue weighted by molar-refractivity contribution is 0.00385. The second-order valence-corrected chi connectivity index (χ2v) is 8.60. The minimum atomic E-state index is -3.07. The van der Waals surface area contributed by atoms with E-state index in [0.29, 0.717) is 36.0 Å². The summed E-state index contributed by atoms with van der Waals surface area (Å²) in [6.07, 6.45) is -0.908. The molecule has 8 nitrogen and oxygen atoms in total. The van der Waals surface area contributed by atoms with Crippen LogP contribution in [0.5, 0.6) is 5.88 Å². The molecule has 0 aliphatic carbocycles. The maximum Gasteiger partial charge on any atom is 0.295 e. The molecule has 5 rings (SSSR count). The Morgan fingerprint density at radius 3 is 2.65 bits per heavy atom. The Labute approximate surface area is 207 Å². The van der Waals surface area contributed by atoms with Crippen LogP contribution in [0.2, 0.25) is 0 Å². The Morgan fingerprint density at radius 2 is 1.92 bits per heavy atom.